The fraction of sp³-hybridized carbons (Fsp3) is 0.308. The van der Waals surface area contributed by atoms with Crippen LogP contribution in [0.1, 0.15) is 48.0 Å². The fourth-order valence-corrected chi connectivity index (χ4v) is 4.27. The molecule has 0 aliphatic carbocycles. The highest BCUT2D eigenvalue weighted by atomic mass is 32.2. The minimum atomic E-state index is -0.225. The van der Waals surface area contributed by atoms with E-state index in [2.05, 4.69) is 46.5 Å². The number of hydrogen-bond acceptors (Lipinski definition) is 7. The molecule has 1 amide bonds. The Labute approximate surface area is 209 Å². The summed E-state index contributed by atoms with van der Waals surface area (Å²) in [4.78, 5) is 16.7. The molecular weight excluding hydrogens is 462 g/mol. The first-order valence-electron chi connectivity index (χ1n) is 11.5. The van der Waals surface area contributed by atoms with Gasteiger partial charge in [0.05, 0.1) is 12.9 Å². The van der Waals surface area contributed by atoms with Crippen LogP contribution in [0.4, 0.5) is 0 Å². The summed E-state index contributed by atoms with van der Waals surface area (Å²) in [6, 6.07) is 17.9. The molecule has 35 heavy (non-hydrogen) atoms. The van der Waals surface area contributed by atoms with Gasteiger partial charge < -0.3 is 14.5 Å². The van der Waals surface area contributed by atoms with Crippen molar-refractivity contribution in [2.45, 2.75) is 37.6 Å². The third-order valence-electron chi connectivity index (χ3n) is 5.35. The maximum Gasteiger partial charge on any atom is 0.273 e. The number of methoxy groups -OCH3 is 1. The Balaban J connectivity index is 1.50. The summed E-state index contributed by atoms with van der Waals surface area (Å²) < 4.78 is 12.9. The van der Waals surface area contributed by atoms with Gasteiger partial charge in [0.25, 0.3) is 5.91 Å². The molecule has 2 aromatic carbocycles. The van der Waals surface area contributed by atoms with E-state index in [1.165, 1.54) is 18.0 Å². The second kappa shape index (κ2) is 11.7. The van der Waals surface area contributed by atoms with Gasteiger partial charge in [0.2, 0.25) is 5.89 Å². The molecule has 182 valence electrons. The Bertz CT molecular complexity index is 1240. The molecule has 0 bridgehead atoms. The van der Waals surface area contributed by atoms with Crippen molar-refractivity contribution in [3.05, 3.63) is 83.8 Å². The van der Waals surface area contributed by atoms with Gasteiger partial charge in [-0.05, 0) is 42.2 Å². The Morgan fingerprint density at radius 1 is 1.11 bits per heavy atom. The first kappa shape index (κ1) is 24.5. The van der Waals surface area contributed by atoms with Gasteiger partial charge in [0, 0.05) is 18.7 Å². The summed E-state index contributed by atoms with van der Waals surface area (Å²) in [6.45, 7) is 4.85. The average Bonchev–Trinajstić information content (AvgIpc) is 3.50. The maximum atomic E-state index is 12.3. The van der Waals surface area contributed by atoms with Crippen molar-refractivity contribution in [3.63, 3.8) is 0 Å². The van der Waals surface area contributed by atoms with Gasteiger partial charge in [-0.2, -0.15) is 0 Å². The van der Waals surface area contributed by atoms with Crippen LogP contribution in [0, 0.1) is 5.92 Å². The Kier molecular flexibility index (Phi) is 8.20. The molecule has 0 aliphatic heterocycles. The first-order chi connectivity index (χ1) is 17.0. The minimum absolute atomic E-state index is 0.225. The Morgan fingerprint density at radius 2 is 1.89 bits per heavy atom. The highest BCUT2D eigenvalue weighted by Crippen LogP contribution is 2.27. The lowest BCUT2D eigenvalue weighted by atomic mass is 10.1. The lowest BCUT2D eigenvalue weighted by Gasteiger charge is -2.11. The van der Waals surface area contributed by atoms with Gasteiger partial charge in [0.15, 0.2) is 10.9 Å². The number of amides is 1. The van der Waals surface area contributed by atoms with Gasteiger partial charge in [-0.15, -0.1) is 10.2 Å². The molecule has 0 saturated heterocycles. The van der Waals surface area contributed by atoms with Crippen molar-refractivity contribution in [1.29, 1.82) is 0 Å². The molecule has 0 aliphatic rings. The molecule has 0 spiro atoms. The quantitative estimate of drug-likeness (QED) is 0.298. The van der Waals surface area contributed by atoms with E-state index >= 15 is 0 Å². The van der Waals surface area contributed by atoms with E-state index in [0.717, 1.165) is 29.2 Å². The van der Waals surface area contributed by atoms with Crippen molar-refractivity contribution in [3.8, 4) is 11.4 Å². The van der Waals surface area contributed by atoms with Gasteiger partial charge in [0.1, 0.15) is 17.8 Å². The van der Waals surface area contributed by atoms with Crippen LogP contribution in [0.3, 0.4) is 0 Å². The van der Waals surface area contributed by atoms with Crippen LogP contribution in [0.2, 0.25) is 0 Å². The lowest BCUT2D eigenvalue weighted by Crippen LogP contribution is -2.25. The average molecular weight is 492 g/mol. The predicted octanol–water partition coefficient (Wildman–Crippen LogP) is 4.92. The highest BCUT2D eigenvalue weighted by molar-refractivity contribution is 7.98. The topological polar surface area (TPSA) is 95.1 Å². The van der Waals surface area contributed by atoms with Gasteiger partial charge in [-0.3, -0.25) is 9.36 Å². The summed E-state index contributed by atoms with van der Waals surface area (Å²) in [5.41, 5.74) is 2.36. The molecule has 0 saturated carbocycles. The number of rotatable bonds is 11. The summed E-state index contributed by atoms with van der Waals surface area (Å²) >= 11 is 1.45. The van der Waals surface area contributed by atoms with Crippen LogP contribution in [0.5, 0.6) is 5.75 Å². The van der Waals surface area contributed by atoms with Crippen LogP contribution in [-0.2, 0) is 12.2 Å². The smallest absolute Gasteiger partial charge is 0.273 e. The fourth-order valence-electron chi connectivity index (χ4n) is 3.45. The number of thioether (sulfide) groups is 1. The van der Waals surface area contributed by atoms with Crippen LogP contribution in [0.15, 0.2) is 70.4 Å². The largest absolute Gasteiger partial charge is 0.497 e. The maximum absolute atomic E-state index is 12.3. The van der Waals surface area contributed by atoms with Crippen LogP contribution in [-0.4, -0.2) is 39.3 Å². The number of oxazole rings is 1. The minimum Gasteiger partial charge on any atom is -0.497 e. The second-order valence-corrected chi connectivity index (χ2v) is 9.39. The number of nitrogens with one attached hydrogen (secondary N) is 1. The summed E-state index contributed by atoms with van der Waals surface area (Å²) in [5, 5.41) is 12.5. The zero-order valence-corrected chi connectivity index (χ0v) is 20.9. The van der Waals surface area contributed by atoms with E-state index in [-0.39, 0.29) is 11.6 Å². The molecule has 2 aromatic heterocycles. The normalized spacial score (nSPS) is 11.1. The Morgan fingerprint density at radius 3 is 2.60 bits per heavy atom. The van der Waals surface area contributed by atoms with Crippen molar-refractivity contribution >= 4 is 17.7 Å². The second-order valence-electron chi connectivity index (χ2n) is 8.45. The number of carbonyl (C=O) groups excluding carboxylic acids is 1. The molecule has 0 radical (unpaired) electrons. The molecule has 2 heterocycles. The molecule has 1 N–H and O–H groups in total. The van der Waals surface area contributed by atoms with Crippen molar-refractivity contribution in [2.24, 2.45) is 5.92 Å². The molecular formula is C26H29N5O3S. The number of nitrogens with zero attached hydrogens (tertiary/aromatic N) is 4. The summed E-state index contributed by atoms with van der Waals surface area (Å²) in [6.07, 6.45) is 2.95. The first-order valence-corrected chi connectivity index (χ1v) is 12.5. The molecule has 0 fully saturated rings. The van der Waals surface area contributed by atoms with Gasteiger partial charge in [-0.1, -0.05) is 55.9 Å². The van der Waals surface area contributed by atoms with Gasteiger partial charge in [-0.25, -0.2) is 4.98 Å². The van der Waals surface area contributed by atoms with E-state index in [9.17, 15) is 4.79 Å². The molecule has 4 rings (SSSR count). The van der Waals surface area contributed by atoms with E-state index < -0.39 is 0 Å². The zero-order chi connectivity index (χ0) is 24.6. The monoisotopic (exact) mass is 491 g/mol. The predicted molar refractivity (Wildman–Crippen MR) is 135 cm³/mol. The molecule has 9 heteroatoms. The SMILES string of the molecule is COc1ccc(-n2c(Cc3ccccc3)nnc2SCc2nc(C(=O)NCCC(C)C)co2)cc1. The molecule has 0 atom stereocenters. The molecule has 8 nitrogen and oxygen atoms in total. The number of benzene rings is 2. The van der Waals surface area contributed by atoms with Crippen LogP contribution >= 0.6 is 11.8 Å². The van der Waals surface area contributed by atoms with E-state index in [0.29, 0.717) is 35.7 Å². The third kappa shape index (κ3) is 6.51. The van der Waals surface area contributed by atoms with E-state index in [4.69, 9.17) is 9.15 Å². The Hall–Kier alpha value is -3.59. The summed E-state index contributed by atoms with van der Waals surface area (Å²) in [7, 11) is 1.64. The lowest BCUT2D eigenvalue weighted by molar-refractivity contribution is 0.0947. The van der Waals surface area contributed by atoms with Gasteiger partial charge >= 0.3 is 0 Å². The number of carbonyl (C=O) groups is 1. The van der Waals surface area contributed by atoms with Crippen molar-refractivity contribution < 1.29 is 13.9 Å². The zero-order valence-electron chi connectivity index (χ0n) is 20.1. The number of hydrogen-bond donors (Lipinski definition) is 1. The standard InChI is InChI=1S/C26H29N5O3S/c1-18(2)13-14-27-25(32)22-16-34-24(28-22)17-35-26-30-29-23(15-19-7-5-4-6-8-19)31(26)20-9-11-21(33-3)12-10-20/h4-12,16,18H,13-15,17H2,1-3H3,(H,27,32). The van der Waals surface area contributed by atoms with Crippen molar-refractivity contribution in [1.82, 2.24) is 25.1 Å². The van der Waals surface area contributed by atoms with Crippen molar-refractivity contribution in [2.75, 3.05) is 13.7 Å². The molecule has 4 aromatic rings. The van der Waals surface area contributed by atoms with Crippen LogP contribution in [0.25, 0.3) is 5.69 Å². The van der Waals surface area contributed by atoms with E-state index in [1.807, 2.05) is 47.0 Å². The molecule has 0 unspecified atom stereocenters. The third-order valence-corrected chi connectivity index (χ3v) is 6.27. The van der Waals surface area contributed by atoms with E-state index in [1.54, 1.807) is 7.11 Å². The summed E-state index contributed by atoms with van der Waals surface area (Å²) in [5.74, 6) is 2.77. The number of aromatic nitrogens is 4. The number of ether oxygens (including phenoxy) is 1. The highest BCUT2D eigenvalue weighted by Gasteiger charge is 2.18. The van der Waals surface area contributed by atoms with Crippen LogP contribution < -0.4 is 10.1 Å².